The molecule has 0 radical (unpaired) electrons. The van der Waals surface area contributed by atoms with E-state index >= 15 is 0 Å². The van der Waals surface area contributed by atoms with Crippen molar-refractivity contribution < 1.29 is 24.2 Å². The number of aliphatic carboxylic acids is 1. The number of hydrogen-bond acceptors (Lipinski definition) is 4. The third-order valence-corrected chi connectivity index (χ3v) is 1.11. The van der Waals surface area contributed by atoms with Gasteiger partial charge in [0.15, 0.2) is 0 Å². The van der Waals surface area contributed by atoms with Gasteiger partial charge in [0.2, 0.25) is 0 Å². The smallest absolute Gasteiger partial charge is 0.394 e. The molecule has 0 saturated carbocycles. The van der Waals surface area contributed by atoms with Crippen LogP contribution in [0.1, 0.15) is 13.3 Å². The van der Waals surface area contributed by atoms with E-state index in [9.17, 15) is 14.4 Å². The summed E-state index contributed by atoms with van der Waals surface area (Å²) in [6, 6.07) is 0. The Hall–Kier alpha value is -1.59. The molecule has 1 amide bonds. The zero-order chi connectivity index (χ0) is 10.3. The van der Waals surface area contributed by atoms with Gasteiger partial charge in [-0.25, -0.2) is 4.79 Å². The third kappa shape index (κ3) is 5.66. The van der Waals surface area contributed by atoms with Crippen molar-refractivity contribution in [3.8, 4) is 0 Å². The molecular formula is C7H11NO5. The minimum Gasteiger partial charge on any atom is -0.474 e. The van der Waals surface area contributed by atoms with Gasteiger partial charge < -0.3 is 15.2 Å². The molecule has 0 rings (SSSR count). The molecule has 0 unspecified atom stereocenters. The quantitative estimate of drug-likeness (QED) is 0.443. The summed E-state index contributed by atoms with van der Waals surface area (Å²) in [6.45, 7) is 1.91. The number of nitrogens with one attached hydrogen (secondary N) is 1. The maximum Gasteiger partial charge on any atom is 0.394 e. The molecule has 0 aliphatic heterocycles. The highest BCUT2D eigenvalue weighted by molar-refractivity contribution is 6.31. The second kappa shape index (κ2) is 5.99. The highest BCUT2D eigenvalue weighted by Crippen LogP contribution is 1.83. The van der Waals surface area contributed by atoms with Crippen LogP contribution in [0.2, 0.25) is 0 Å². The van der Waals surface area contributed by atoms with Gasteiger partial charge in [-0.15, -0.1) is 0 Å². The lowest BCUT2D eigenvalue weighted by Crippen LogP contribution is -2.32. The normalized spacial score (nSPS) is 9.00. The fourth-order valence-corrected chi connectivity index (χ4v) is 0.587. The van der Waals surface area contributed by atoms with Crippen LogP contribution in [0.25, 0.3) is 0 Å². The molecule has 0 atom stereocenters. The molecule has 0 aromatic rings. The lowest BCUT2D eigenvalue weighted by Gasteiger charge is -2.01. The van der Waals surface area contributed by atoms with Gasteiger partial charge in [-0.05, 0) is 6.92 Å². The molecule has 2 N–H and O–H groups in total. The van der Waals surface area contributed by atoms with Gasteiger partial charge in [-0.1, -0.05) is 0 Å². The molecule has 13 heavy (non-hydrogen) atoms. The minimum absolute atomic E-state index is 0.0210. The van der Waals surface area contributed by atoms with Gasteiger partial charge in [0.25, 0.3) is 0 Å². The Morgan fingerprint density at radius 2 is 2.00 bits per heavy atom. The van der Waals surface area contributed by atoms with Crippen LogP contribution in [-0.2, 0) is 19.1 Å². The van der Waals surface area contributed by atoms with Gasteiger partial charge in [0.05, 0.1) is 13.0 Å². The van der Waals surface area contributed by atoms with Crippen molar-refractivity contribution >= 4 is 17.8 Å². The van der Waals surface area contributed by atoms with E-state index in [0.29, 0.717) is 0 Å². The summed E-state index contributed by atoms with van der Waals surface area (Å²) in [4.78, 5) is 31.1. The summed E-state index contributed by atoms with van der Waals surface area (Å²) in [5.74, 6) is -3.15. The third-order valence-electron chi connectivity index (χ3n) is 1.11. The Balaban J connectivity index is 3.50. The van der Waals surface area contributed by atoms with Crippen LogP contribution in [0.4, 0.5) is 0 Å². The van der Waals surface area contributed by atoms with Crippen molar-refractivity contribution in [2.24, 2.45) is 0 Å². The van der Waals surface area contributed by atoms with Gasteiger partial charge >= 0.3 is 17.8 Å². The predicted octanol–water partition coefficient (Wildman–Crippen LogP) is -0.860. The Morgan fingerprint density at radius 1 is 1.38 bits per heavy atom. The Kier molecular flexibility index (Phi) is 5.25. The van der Waals surface area contributed by atoms with E-state index in [2.05, 4.69) is 4.74 Å². The average Bonchev–Trinajstić information content (AvgIpc) is 2.04. The number of amides is 1. The van der Waals surface area contributed by atoms with Crippen molar-refractivity contribution in [1.29, 1.82) is 0 Å². The van der Waals surface area contributed by atoms with Crippen LogP contribution in [0.5, 0.6) is 0 Å². The number of carboxylic acids is 1. The molecule has 74 valence electrons. The molecule has 0 saturated heterocycles. The maximum absolute atomic E-state index is 10.7. The summed E-state index contributed by atoms with van der Waals surface area (Å²) < 4.78 is 4.55. The molecule has 0 fully saturated rings. The van der Waals surface area contributed by atoms with Gasteiger partial charge in [0.1, 0.15) is 0 Å². The van der Waals surface area contributed by atoms with Crippen molar-refractivity contribution in [1.82, 2.24) is 5.32 Å². The Labute approximate surface area is 74.9 Å². The molecule has 0 aliphatic carbocycles. The molecule has 0 aromatic heterocycles. The van der Waals surface area contributed by atoms with Crippen LogP contribution in [0.3, 0.4) is 0 Å². The fraction of sp³-hybridized carbons (Fsp3) is 0.571. The van der Waals surface area contributed by atoms with E-state index in [4.69, 9.17) is 5.11 Å². The maximum atomic E-state index is 10.7. The number of rotatable bonds is 4. The molecule has 0 aliphatic rings. The van der Waals surface area contributed by atoms with Crippen LogP contribution >= 0.6 is 0 Å². The summed E-state index contributed by atoms with van der Waals surface area (Å²) in [7, 11) is 0. The van der Waals surface area contributed by atoms with Gasteiger partial charge in [-0.2, -0.15) is 0 Å². The topological polar surface area (TPSA) is 92.7 Å². The number of carboxylic acid groups (broad SMARTS) is 1. The number of carbonyl (C=O) groups is 3. The fourth-order valence-electron chi connectivity index (χ4n) is 0.587. The summed E-state index contributed by atoms with van der Waals surface area (Å²) >= 11 is 0. The molecule has 0 spiro atoms. The van der Waals surface area contributed by atoms with E-state index < -0.39 is 17.8 Å². The van der Waals surface area contributed by atoms with E-state index in [1.54, 1.807) is 6.92 Å². The first-order chi connectivity index (χ1) is 6.07. The monoisotopic (exact) mass is 189 g/mol. The summed E-state index contributed by atoms with van der Waals surface area (Å²) in [5, 5.41) is 10.2. The largest absolute Gasteiger partial charge is 0.474 e. The van der Waals surface area contributed by atoms with Crippen molar-refractivity contribution in [2.45, 2.75) is 13.3 Å². The van der Waals surface area contributed by atoms with Crippen LogP contribution < -0.4 is 5.32 Å². The zero-order valence-electron chi connectivity index (χ0n) is 7.20. The minimum atomic E-state index is -1.57. The van der Waals surface area contributed by atoms with E-state index in [1.807, 2.05) is 5.32 Å². The van der Waals surface area contributed by atoms with Crippen molar-refractivity contribution in [3.63, 3.8) is 0 Å². The van der Waals surface area contributed by atoms with Crippen LogP contribution in [-0.4, -0.2) is 36.1 Å². The standard InChI is InChI=1S/C7H11NO5/c1-2-13-5(9)3-4-8-6(10)7(11)12/h2-4H2,1H3,(H,8,10)(H,11,12). The van der Waals surface area contributed by atoms with Crippen LogP contribution in [0, 0.1) is 0 Å². The van der Waals surface area contributed by atoms with E-state index in [-0.39, 0.29) is 19.6 Å². The second-order valence-corrected chi connectivity index (χ2v) is 2.12. The Bertz CT molecular complexity index is 213. The summed E-state index contributed by atoms with van der Waals surface area (Å²) in [5.41, 5.74) is 0. The zero-order valence-corrected chi connectivity index (χ0v) is 7.20. The summed E-state index contributed by atoms with van der Waals surface area (Å²) in [6.07, 6.45) is -0.0210. The lowest BCUT2D eigenvalue weighted by atomic mass is 10.4. The molecular weight excluding hydrogens is 178 g/mol. The SMILES string of the molecule is CCOC(=O)CCNC(=O)C(=O)O. The number of hydrogen-bond donors (Lipinski definition) is 2. The molecule has 0 heterocycles. The predicted molar refractivity (Wildman–Crippen MR) is 41.9 cm³/mol. The molecule has 6 heteroatoms. The molecule has 0 aromatic carbocycles. The highest BCUT2D eigenvalue weighted by atomic mass is 16.5. The average molecular weight is 189 g/mol. The number of carbonyl (C=O) groups excluding carboxylic acids is 2. The first-order valence-corrected chi connectivity index (χ1v) is 3.74. The molecule has 0 bridgehead atoms. The molecule has 6 nitrogen and oxygen atoms in total. The lowest BCUT2D eigenvalue weighted by molar-refractivity contribution is -0.150. The van der Waals surface area contributed by atoms with Crippen molar-refractivity contribution in [2.75, 3.05) is 13.2 Å². The van der Waals surface area contributed by atoms with Gasteiger partial charge in [-0.3, -0.25) is 9.59 Å². The number of esters is 1. The van der Waals surface area contributed by atoms with E-state index in [1.165, 1.54) is 0 Å². The van der Waals surface area contributed by atoms with E-state index in [0.717, 1.165) is 0 Å². The highest BCUT2D eigenvalue weighted by Gasteiger charge is 2.10. The first-order valence-electron chi connectivity index (χ1n) is 3.74. The van der Waals surface area contributed by atoms with Crippen molar-refractivity contribution in [3.05, 3.63) is 0 Å². The van der Waals surface area contributed by atoms with Gasteiger partial charge in [0, 0.05) is 6.54 Å². The Morgan fingerprint density at radius 3 is 2.46 bits per heavy atom. The van der Waals surface area contributed by atoms with Crippen LogP contribution in [0.15, 0.2) is 0 Å². The number of ether oxygens (including phenoxy) is 1. The second-order valence-electron chi connectivity index (χ2n) is 2.12. The first kappa shape index (κ1) is 11.4.